The van der Waals surface area contributed by atoms with Crippen LogP contribution in [0.3, 0.4) is 0 Å². The third kappa shape index (κ3) is 3.32. The van der Waals surface area contributed by atoms with Crippen LogP contribution in [0.15, 0.2) is 48.5 Å². The van der Waals surface area contributed by atoms with E-state index in [1.807, 2.05) is 18.2 Å². The summed E-state index contributed by atoms with van der Waals surface area (Å²) in [6.45, 7) is 3.89. The number of carbonyl (C=O) groups excluding carboxylic acids is 2. The monoisotopic (exact) mass is 323 g/mol. The molecule has 1 heterocycles. The predicted molar refractivity (Wildman–Crippen MR) is 93.7 cm³/mol. The van der Waals surface area contributed by atoms with E-state index in [2.05, 4.69) is 12.1 Å². The summed E-state index contributed by atoms with van der Waals surface area (Å²) in [6.07, 6.45) is 1.26. The van der Waals surface area contributed by atoms with Crippen molar-refractivity contribution >= 4 is 17.4 Å². The van der Waals surface area contributed by atoms with Crippen molar-refractivity contribution < 1.29 is 14.3 Å². The summed E-state index contributed by atoms with van der Waals surface area (Å²) in [5.41, 5.74) is 2.54. The van der Waals surface area contributed by atoms with E-state index in [4.69, 9.17) is 4.74 Å². The lowest BCUT2D eigenvalue weighted by Gasteiger charge is -2.33. The average Bonchev–Trinajstić information content (AvgIpc) is 2.58. The molecule has 1 aliphatic rings. The van der Waals surface area contributed by atoms with Gasteiger partial charge in [0.1, 0.15) is 5.75 Å². The molecular formula is C20H21NO3. The highest BCUT2D eigenvalue weighted by Crippen LogP contribution is 2.35. The van der Waals surface area contributed by atoms with Gasteiger partial charge in [0.15, 0.2) is 11.9 Å². The second-order valence-corrected chi connectivity index (χ2v) is 6.08. The van der Waals surface area contributed by atoms with Crippen molar-refractivity contribution in [3.63, 3.8) is 0 Å². The third-order valence-corrected chi connectivity index (χ3v) is 4.26. The van der Waals surface area contributed by atoms with E-state index in [0.29, 0.717) is 23.5 Å². The van der Waals surface area contributed by atoms with Crippen LogP contribution in [-0.2, 0) is 11.2 Å². The van der Waals surface area contributed by atoms with Crippen molar-refractivity contribution in [3.8, 4) is 5.75 Å². The largest absolute Gasteiger partial charge is 0.479 e. The summed E-state index contributed by atoms with van der Waals surface area (Å²) in [4.78, 5) is 25.9. The molecule has 1 atom stereocenters. The topological polar surface area (TPSA) is 46.6 Å². The highest BCUT2D eigenvalue weighted by molar-refractivity contribution is 6.02. The maximum atomic E-state index is 12.5. The molecule has 124 valence electrons. The Bertz CT molecular complexity index is 755. The number of aryl methyl sites for hydroxylation is 1. The van der Waals surface area contributed by atoms with Gasteiger partial charge in [-0.05, 0) is 50.5 Å². The number of benzene rings is 2. The van der Waals surface area contributed by atoms with E-state index >= 15 is 0 Å². The van der Waals surface area contributed by atoms with Crippen LogP contribution in [0.25, 0.3) is 0 Å². The highest BCUT2D eigenvalue weighted by atomic mass is 16.5. The number of carbonyl (C=O) groups is 2. The van der Waals surface area contributed by atoms with Gasteiger partial charge in [0.05, 0.1) is 5.69 Å². The lowest BCUT2D eigenvalue weighted by molar-refractivity contribution is -0.125. The van der Waals surface area contributed by atoms with E-state index < -0.39 is 6.10 Å². The highest BCUT2D eigenvalue weighted by Gasteiger charge is 2.31. The molecule has 1 aliphatic heterocycles. The molecule has 0 saturated heterocycles. The first-order chi connectivity index (χ1) is 11.6. The Morgan fingerprint density at radius 1 is 1.17 bits per heavy atom. The number of fused-ring (bicyclic) bond motifs is 1. The SMILES string of the molecule is CC(=O)c1ccc2c(c1)N(CCCc1ccccc1)C(=O)C(C)O2. The van der Waals surface area contributed by atoms with Gasteiger partial charge >= 0.3 is 0 Å². The summed E-state index contributed by atoms with van der Waals surface area (Å²) in [5, 5.41) is 0. The summed E-state index contributed by atoms with van der Waals surface area (Å²) in [5.74, 6) is 0.580. The molecule has 0 saturated carbocycles. The van der Waals surface area contributed by atoms with Crippen LogP contribution in [0.1, 0.15) is 36.2 Å². The van der Waals surface area contributed by atoms with E-state index in [1.54, 1.807) is 30.0 Å². The van der Waals surface area contributed by atoms with Crippen molar-refractivity contribution in [2.75, 3.05) is 11.4 Å². The molecule has 2 aromatic carbocycles. The van der Waals surface area contributed by atoms with Crippen LogP contribution >= 0.6 is 0 Å². The number of rotatable bonds is 5. The summed E-state index contributed by atoms with van der Waals surface area (Å²) >= 11 is 0. The Morgan fingerprint density at radius 3 is 2.62 bits per heavy atom. The Kier molecular flexibility index (Phi) is 4.65. The van der Waals surface area contributed by atoms with E-state index in [-0.39, 0.29) is 11.7 Å². The predicted octanol–water partition coefficient (Wildman–Crippen LogP) is 3.64. The van der Waals surface area contributed by atoms with Crippen molar-refractivity contribution in [2.24, 2.45) is 0 Å². The van der Waals surface area contributed by atoms with Crippen LogP contribution in [-0.4, -0.2) is 24.3 Å². The van der Waals surface area contributed by atoms with Gasteiger partial charge in [-0.2, -0.15) is 0 Å². The molecule has 0 aliphatic carbocycles. The molecule has 4 nitrogen and oxygen atoms in total. The van der Waals surface area contributed by atoms with Gasteiger partial charge in [0, 0.05) is 12.1 Å². The number of ether oxygens (including phenoxy) is 1. The fourth-order valence-electron chi connectivity index (χ4n) is 2.94. The number of hydrogen-bond donors (Lipinski definition) is 0. The van der Waals surface area contributed by atoms with Gasteiger partial charge in [0.2, 0.25) is 0 Å². The zero-order chi connectivity index (χ0) is 17.1. The molecule has 4 heteroatoms. The fraction of sp³-hybridized carbons (Fsp3) is 0.300. The Labute approximate surface area is 142 Å². The Balaban J connectivity index is 1.79. The van der Waals surface area contributed by atoms with Crippen molar-refractivity contribution in [1.29, 1.82) is 0 Å². The van der Waals surface area contributed by atoms with Crippen LogP contribution in [0, 0.1) is 0 Å². The maximum absolute atomic E-state index is 12.5. The smallest absolute Gasteiger partial charge is 0.267 e. The molecule has 0 radical (unpaired) electrons. The van der Waals surface area contributed by atoms with E-state index in [1.165, 1.54) is 12.5 Å². The minimum Gasteiger partial charge on any atom is -0.479 e. The summed E-state index contributed by atoms with van der Waals surface area (Å²) in [7, 11) is 0. The van der Waals surface area contributed by atoms with Gasteiger partial charge in [-0.1, -0.05) is 30.3 Å². The zero-order valence-electron chi connectivity index (χ0n) is 14.0. The number of nitrogens with zero attached hydrogens (tertiary/aromatic N) is 1. The van der Waals surface area contributed by atoms with E-state index in [9.17, 15) is 9.59 Å². The second-order valence-electron chi connectivity index (χ2n) is 6.08. The molecule has 3 rings (SSSR count). The van der Waals surface area contributed by atoms with Crippen molar-refractivity contribution in [1.82, 2.24) is 0 Å². The van der Waals surface area contributed by atoms with Crippen LogP contribution < -0.4 is 9.64 Å². The molecule has 1 amide bonds. The molecule has 0 bridgehead atoms. The molecular weight excluding hydrogens is 302 g/mol. The maximum Gasteiger partial charge on any atom is 0.267 e. The van der Waals surface area contributed by atoms with E-state index in [0.717, 1.165) is 12.8 Å². The van der Waals surface area contributed by atoms with Crippen LogP contribution in [0.2, 0.25) is 0 Å². The first-order valence-corrected chi connectivity index (χ1v) is 8.23. The molecule has 0 spiro atoms. The van der Waals surface area contributed by atoms with Crippen molar-refractivity contribution in [3.05, 3.63) is 59.7 Å². The quantitative estimate of drug-likeness (QED) is 0.789. The molecule has 0 N–H and O–H groups in total. The summed E-state index contributed by atoms with van der Waals surface area (Å²) in [6, 6.07) is 15.5. The zero-order valence-corrected chi connectivity index (χ0v) is 14.0. The normalized spacial score (nSPS) is 16.5. The molecule has 2 aromatic rings. The minimum absolute atomic E-state index is 0.0203. The number of hydrogen-bond acceptors (Lipinski definition) is 3. The lowest BCUT2D eigenvalue weighted by atomic mass is 10.1. The second kappa shape index (κ2) is 6.87. The third-order valence-electron chi connectivity index (χ3n) is 4.26. The van der Waals surface area contributed by atoms with Gasteiger partial charge < -0.3 is 9.64 Å². The van der Waals surface area contributed by atoms with Gasteiger partial charge in [0.25, 0.3) is 5.91 Å². The van der Waals surface area contributed by atoms with Gasteiger partial charge in [-0.15, -0.1) is 0 Å². The minimum atomic E-state index is -0.502. The molecule has 1 unspecified atom stereocenters. The molecule has 0 aromatic heterocycles. The Hall–Kier alpha value is -2.62. The van der Waals surface area contributed by atoms with Crippen molar-refractivity contribution in [2.45, 2.75) is 32.8 Å². The summed E-state index contributed by atoms with van der Waals surface area (Å²) < 4.78 is 5.67. The van der Waals surface area contributed by atoms with Gasteiger partial charge in [-0.3, -0.25) is 9.59 Å². The first kappa shape index (κ1) is 16.2. The fourth-order valence-corrected chi connectivity index (χ4v) is 2.94. The number of ketones is 1. The first-order valence-electron chi connectivity index (χ1n) is 8.23. The standard InChI is InChI=1S/C20H21NO3/c1-14(22)17-10-11-19-18(13-17)21(20(23)15(2)24-19)12-6-9-16-7-4-3-5-8-16/h3-5,7-8,10-11,13,15H,6,9,12H2,1-2H3. The lowest BCUT2D eigenvalue weighted by Crippen LogP contribution is -2.45. The Morgan fingerprint density at radius 2 is 1.92 bits per heavy atom. The number of anilines is 1. The molecule has 0 fully saturated rings. The number of amides is 1. The number of Topliss-reactive ketones (excluding diaryl/α,β-unsaturated/α-hetero) is 1. The van der Waals surface area contributed by atoms with Crippen LogP contribution in [0.4, 0.5) is 5.69 Å². The van der Waals surface area contributed by atoms with Gasteiger partial charge in [-0.25, -0.2) is 0 Å². The average molecular weight is 323 g/mol. The molecule has 24 heavy (non-hydrogen) atoms. The van der Waals surface area contributed by atoms with Crippen LogP contribution in [0.5, 0.6) is 5.75 Å².